The highest BCUT2D eigenvalue weighted by Crippen LogP contribution is 2.19. The first-order valence-corrected chi connectivity index (χ1v) is 9.25. The Balaban J connectivity index is 1.81. The molecule has 0 radical (unpaired) electrons. The number of aromatic hydroxyl groups is 4. The summed E-state index contributed by atoms with van der Waals surface area (Å²) >= 11 is 0. The Hall–Kier alpha value is -3.78. The normalized spacial score (nSPS) is 11.7. The predicted octanol–water partition coefficient (Wildman–Crippen LogP) is 0.118. The molecule has 0 fully saturated rings. The van der Waals surface area contributed by atoms with Crippen LogP contribution in [0, 0.1) is 0 Å². The zero-order valence-electron chi connectivity index (χ0n) is 17.1. The molecule has 0 saturated heterocycles. The van der Waals surface area contributed by atoms with Crippen LogP contribution in [0.4, 0.5) is 4.79 Å². The van der Waals surface area contributed by atoms with Crippen LogP contribution in [-0.4, -0.2) is 81.8 Å². The summed E-state index contributed by atoms with van der Waals surface area (Å²) in [5.74, 6) is -2.14. The number of hydrogen-bond acceptors (Lipinski definition) is 12. The molecule has 0 aliphatic carbocycles. The van der Waals surface area contributed by atoms with Crippen molar-refractivity contribution in [2.24, 2.45) is 0 Å². The van der Waals surface area contributed by atoms with Gasteiger partial charge in [-0.3, -0.25) is 9.63 Å². The van der Waals surface area contributed by atoms with Crippen LogP contribution >= 0.6 is 0 Å². The standard InChI is InChI=1S/C18H24N2O12/c1-27-17(25)3-2-8-29-12(9-28-11-31-19-13(21)4-5-14(19)22)10-30-18(26)32-20-15(23)6-7-16(20)24/h4-7,12,21-24H,2-3,8-11H2,1H3. The van der Waals surface area contributed by atoms with E-state index < -0.39 is 36.8 Å². The van der Waals surface area contributed by atoms with Gasteiger partial charge in [-0.1, -0.05) is 0 Å². The van der Waals surface area contributed by atoms with Crippen molar-refractivity contribution < 1.29 is 58.6 Å². The Morgan fingerprint density at radius 3 is 2.12 bits per heavy atom. The molecule has 0 aromatic carbocycles. The topological polar surface area (TPSA) is 180 Å². The number of esters is 1. The highest BCUT2D eigenvalue weighted by Gasteiger charge is 2.18. The smallest absolute Gasteiger partial charge is 0.492 e. The fourth-order valence-corrected chi connectivity index (χ4v) is 2.27. The van der Waals surface area contributed by atoms with Crippen LogP contribution in [0.5, 0.6) is 23.5 Å². The van der Waals surface area contributed by atoms with Gasteiger partial charge in [-0.15, -0.1) is 9.46 Å². The predicted molar refractivity (Wildman–Crippen MR) is 102 cm³/mol. The molecule has 32 heavy (non-hydrogen) atoms. The Bertz CT molecular complexity index is 838. The van der Waals surface area contributed by atoms with Gasteiger partial charge in [-0.2, -0.15) is 0 Å². The van der Waals surface area contributed by atoms with Crippen LogP contribution in [0.15, 0.2) is 24.3 Å². The summed E-state index contributed by atoms with van der Waals surface area (Å²) in [6.45, 7) is -0.775. The zero-order chi connectivity index (χ0) is 23.5. The lowest BCUT2D eigenvalue weighted by Gasteiger charge is -2.18. The first kappa shape index (κ1) is 24.5. The van der Waals surface area contributed by atoms with Gasteiger partial charge in [0.05, 0.1) is 13.7 Å². The molecule has 1 atom stereocenters. The molecule has 0 aliphatic rings. The molecule has 2 aromatic heterocycles. The SMILES string of the molecule is COC(=O)CCCOC(COCOn1c(O)ccc1O)COC(=O)On1c(O)ccc1O. The third-order valence-electron chi connectivity index (χ3n) is 3.82. The molecule has 1 unspecified atom stereocenters. The number of carbonyl (C=O) groups is 2. The summed E-state index contributed by atoms with van der Waals surface area (Å²) in [7, 11) is 1.26. The molecule has 0 bridgehead atoms. The second-order valence-electron chi connectivity index (χ2n) is 6.13. The lowest BCUT2D eigenvalue weighted by molar-refractivity contribution is -0.141. The second-order valence-corrected chi connectivity index (χ2v) is 6.13. The van der Waals surface area contributed by atoms with Crippen molar-refractivity contribution in [1.82, 2.24) is 9.46 Å². The average Bonchev–Trinajstić information content (AvgIpc) is 3.26. The molecule has 2 rings (SSSR count). The highest BCUT2D eigenvalue weighted by atomic mass is 16.8. The number of rotatable bonds is 13. The zero-order valence-corrected chi connectivity index (χ0v) is 17.1. The Morgan fingerprint density at radius 2 is 1.53 bits per heavy atom. The molecule has 0 saturated carbocycles. The van der Waals surface area contributed by atoms with Crippen LogP contribution in [-0.2, 0) is 23.7 Å². The van der Waals surface area contributed by atoms with E-state index in [-0.39, 0.29) is 38.0 Å². The van der Waals surface area contributed by atoms with E-state index in [0.717, 1.165) is 16.9 Å². The number of ether oxygens (including phenoxy) is 4. The molecule has 14 nitrogen and oxygen atoms in total. The van der Waals surface area contributed by atoms with Crippen molar-refractivity contribution in [1.29, 1.82) is 0 Å². The van der Waals surface area contributed by atoms with E-state index in [1.807, 2.05) is 0 Å². The molecule has 2 aromatic rings. The number of methoxy groups -OCH3 is 1. The van der Waals surface area contributed by atoms with Gasteiger partial charge < -0.3 is 44.2 Å². The van der Waals surface area contributed by atoms with Crippen molar-refractivity contribution in [2.75, 3.05) is 33.7 Å². The van der Waals surface area contributed by atoms with Crippen LogP contribution in [0.3, 0.4) is 0 Å². The first-order valence-electron chi connectivity index (χ1n) is 9.25. The maximum absolute atomic E-state index is 11.8. The summed E-state index contributed by atoms with van der Waals surface area (Å²) < 4.78 is 21.4. The summed E-state index contributed by atoms with van der Waals surface area (Å²) in [6.07, 6.45) is -1.61. The van der Waals surface area contributed by atoms with Crippen molar-refractivity contribution in [3.05, 3.63) is 24.3 Å². The quantitative estimate of drug-likeness (QED) is 0.180. The average molecular weight is 460 g/mol. The maximum atomic E-state index is 11.8. The van der Waals surface area contributed by atoms with Crippen LogP contribution in [0.2, 0.25) is 0 Å². The lowest BCUT2D eigenvalue weighted by atomic mass is 10.3. The largest absolute Gasteiger partial charge is 0.534 e. The molecule has 4 N–H and O–H groups in total. The van der Waals surface area contributed by atoms with Crippen molar-refractivity contribution in [3.63, 3.8) is 0 Å². The molecule has 0 spiro atoms. The van der Waals surface area contributed by atoms with Crippen molar-refractivity contribution in [3.8, 4) is 23.5 Å². The number of carbonyl (C=O) groups excluding carboxylic acids is 2. The van der Waals surface area contributed by atoms with Gasteiger partial charge in [0.15, 0.2) is 0 Å². The number of nitrogens with zero attached hydrogens (tertiary/aromatic N) is 2. The summed E-state index contributed by atoms with van der Waals surface area (Å²) in [6, 6.07) is 4.62. The number of aromatic nitrogens is 2. The van der Waals surface area contributed by atoms with E-state index in [1.54, 1.807) is 0 Å². The van der Waals surface area contributed by atoms with Gasteiger partial charge in [-0.05, 0) is 6.42 Å². The van der Waals surface area contributed by atoms with E-state index in [2.05, 4.69) is 9.57 Å². The fraction of sp³-hybridized carbons (Fsp3) is 0.444. The van der Waals surface area contributed by atoms with Crippen LogP contribution in [0.1, 0.15) is 12.8 Å². The van der Waals surface area contributed by atoms with Crippen LogP contribution < -0.4 is 9.68 Å². The third-order valence-corrected chi connectivity index (χ3v) is 3.82. The molecular weight excluding hydrogens is 436 g/mol. The molecule has 0 amide bonds. The molecule has 2 heterocycles. The number of hydrogen-bond donors (Lipinski definition) is 4. The molecule has 178 valence electrons. The second kappa shape index (κ2) is 12.2. The minimum Gasteiger partial charge on any atom is -0.492 e. The fourth-order valence-electron chi connectivity index (χ4n) is 2.27. The summed E-state index contributed by atoms with van der Waals surface area (Å²) in [4.78, 5) is 32.7. The van der Waals surface area contributed by atoms with Gasteiger partial charge in [0, 0.05) is 37.3 Å². The van der Waals surface area contributed by atoms with Gasteiger partial charge in [0.1, 0.15) is 12.7 Å². The van der Waals surface area contributed by atoms with Gasteiger partial charge in [0.2, 0.25) is 30.3 Å². The van der Waals surface area contributed by atoms with Crippen LogP contribution in [0.25, 0.3) is 0 Å². The van der Waals surface area contributed by atoms with E-state index in [0.29, 0.717) is 11.2 Å². The lowest BCUT2D eigenvalue weighted by Crippen LogP contribution is -2.31. The molecule has 0 aliphatic heterocycles. The third kappa shape index (κ3) is 7.48. The van der Waals surface area contributed by atoms with E-state index in [1.165, 1.54) is 19.2 Å². The Labute approximate surface area is 181 Å². The Morgan fingerprint density at radius 1 is 0.938 bits per heavy atom. The highest BCUT2D eigenvalue weighted by molar-refractivity contribution is 5.69. The molecular formula is C18H24N2O12. The van der Waals surface area contributed by atoms with E-state index in [4.69, 9.17) is 19.0 Å². The van der Waals surface area contributed by atoms with E-state index >= 15 is 0 Å². The minimum atomic E-state index is -1.24. The Kier molecular flexibility index (Phi) is 9.31. The van der Waals surface area contributed by atoms with Gasteiger partial charge >= 0.3 is 12.1 Å². The van der Waals surface area contributed by atoms with Gasteiger partial charge in [0.25, 0.3) is 0 Å². The maximum Gasteiger partial charge on any atom is 0.534 e. The minimum absolute atomic E-state index is 0.112. The summed E-state index contributed by atoms with van der Waals surface area (Å²) in [5, 5.41) is 37.9. The van der Waals surface area contributed by atoms with Gasteiger partial charge in [-0.25, -0.2) is 4.79 Å². The van der Waals surface area contributed by atoms with Crippen molar-refractivity contribution in [2.45, 2.75) is 18.9 Å². The monoisotopic (exact) mass is 460 g/mol. The van der Waals surface area contributed by atoms with Crippen molar-refractivity contribution >= 4 is 12.1 Å². The molecule has 14 heteroatoms. The summed E-state index contributed by atoms with van der Waals surface area (Å²) in [5.41, 5.74) is 0. The van der Waals surface area contributed by atoms with E-state index in [9.17, 15) is 30.0 Å². The first-order chi connectivity index (χ1) is 15.3.